The van der Waals surface area contributed by atoms with Crippen molar-refractivity contribution in [3.63, 3.8) is 0 Å². The molecule has 2 aromatic carbocycles. The first-order chi connectivity index (χ1) is 17.5. The van der Waals surface area contributed by atoms with Gasteiger partial charge in [0.1, 0.15) is 5.82 Å². The van der Waals surface area contributed by atoms with Gasteiger partial charge in [0.25, 0.3) is 0 Å². The van der Waals surface area contributed by atoms with Crippen LogP contribution in [0.3, 0.4) is 0 Å². The number of halogens is 1. The van der Waals surface area contributed by atoms with Crippen molar-refractivity contribution < 1.29 is 13.9 Å². The topological polar surface area (TPSA) is 60.9 Å². The van der Waals surface area contributed by atoms with Crippen LogP contribution >= 0.6 is 0 Å². The Bertz CT molecular complexity index is 1190. The molecule has 0 aliphatic carbocycles. The molecule has 0 atom stereocenters. The molecular weight excluding hydrogens is 457 g/mol. The predicted octanol–water partition coefficient (Wildman–Crippen LogP) is 3.45. The monoisotopic (exact) mass is 491 g/mol. The van der Waals surface area contributed by atoms with Crippen LogP contribution < -0.4 is 5.32 Å². The number of piperazine rings is 1. The van der Waals surface area contributed by atoms with Gasteiger partial charge in [-0.2, -0.15) is 0 Å². The minimum atomic E-state index is -0.350. The van der Waals surface area contributed by atoms with Crippen LogP contribution in [0.5, 0.6) is 0 Å². The Hall–Kier alpha value is -2.91. The van der Waals surface area contributed by atoms with E-state index < -0.39 is 0 Å². The number of fused-ring (bicyclic) bond motifs is 1. The lowest BCUT2D eigenvalue weighted by Gasteiger charge is -2.32. The lowest BCUT2D eigenvalue weighted by molar-refractivity contribution is -0.116. The second-order valence-corrected chi connectivity index (χ2v) is 9.75. The molecule has 1 amide bonds. The van der Waals surface area contributed by atoms with Crippen LogP contribution in [0, 0.1) is 5.82 Å². The summed E-state index contributed by atoms with van der Waals surface area (Å²) < 4.78 is 19.5. The van der Waals surface area contributed by atoms with E-state index >= 15 is 0 Å². The molecule has 3 heterocycles. The summed E-state index contributed by atoms with van der Waals surface area (Å²) in [6.45, 7) is 9.04. The normalized spacial score (nSPS) is 17.9. The fourth-order valence-corrected chi connectivity index (χ4v) is 4.79. The molecule has 8 heteroatoms. The molecule has 190 valence electrons. The first-order valence-electron chi connectivity index (χ1n) is 12.7. The van der Waals surface area contributed by atoms with Crippen molar-refractivity contribution in [3.8, 4) is 11.3 Å². The van der Waals surface area contributed by atoms with Gasteiger partial charge in [0.15, 0.2) is 0 Å². The number of ether oxygens (including phenoxy) is 1. The van der Waals surface area contributed by atoms with Gasteiger partial charge in [0.05, 0.1) is 30.1 Å². The zero-order chi connectivity index (χ0) is 24.9. The molecule has 0 unspecified atom stereocenters. The first-order valence-corrected chi connectivity index (χ1v) is 12.7. The third kappa shape index (κ3) is 6.25. The Morgan fingerprint density at radius 3 is 2.47 bits per heavy atom. The van der Waals surface area contributed by atoms with Gasteiger partial charge in [0.2, 0.25) is 5.91 Å². The zero-order valence-corrected chi connectivity index (χ0v) is 20.9. The molecule has 2 aliphatic rings. The van der Waals surface area contributed by atoms with E-state index in [0.717, 1.165) is 70.3 Å². The number of nitrogens with zero attached hydrogens (tertiary/aromatic N) is 4. The van der Waals surface area contributed by atoms with Crippen LogP contribution in [-0.2, 0) is 16.1 Å². The summed E-state index contributed by atoms with van der Waals surface area (Å²) in [6, 6.07) is 14.7. The molecule has 2 fully saturated rings. The number of pyridine rings is 1. The SMILES string of the molecule is CN1CCN(CCC(=O)Nc2cc(-c3ccc(CN4CCOCC4)cc3)nc3ccc(F)cc23)CC1. The summed E-state index contributed by atoms with van der Waals surface area (Å²) in [5.41, 5.74) is 4.19. The van der Waals surface area contributed by atoms with E-state index in [9.17, 15) is 9.18 Å². The van der Waals surface area contributed by atoms with E-state index in [0.29, 0.717) is 29.6 Å². The summed E-state index contributed by atoms with van der Waals surface area (Å²) in [5.74, 6) is -0.421. The van der Waals surface area contributed by atoms with Crippen LogP contribution in [-0.4, -0.2) is 91.7 Å². The number of hydrogen-bond acceptors (Lipinski definition) is 6. The number of nitrogens with one attached hydrogen (secondary N) is 1. The highest BCUT2D eigenvalue weighted by Gasteiger charge is 2.16. The third-order valence-corrected chi connectivity index (χ3v) is 7.06. The minimum absolute atomic E-state index is 0.0718. The quantitative estimate of drug-likeness (QED) is 0.546. The van der Waals surface area contributed by atoms with Crippen molar-refractivity contribution in [3.05, 3.63) is 59.9 Å². The summed E-state index contributed by atoms with van der Waals surface area (Å²) in [4.78, 5) is 24.6. The molecule has 2 aliphatic heterocycles. The highest BCUT2D eigenvalue weighted by atomic mass is 19.1. The van der Waals surface area contributed by atoms with Crippen LogP contribution in [0.2, 0.25) is 0 Å². The number of benzene rings is 2. The lowest BCUT2D eigenvalue weighted by Crippen LogP contribution is -2.45. The molecule has 7 nitrogen and oxygen atoms in total. The van der Waals surface area contributed by atoms with Crippen LogP contribution in [0.15, 0.2) is 48.5 Å². The zero-order valence-electron chi connectivity index (χ0n) is 20.9. The van der Waals surface area contributed by atoms with Gasteiger partial charge < -0.3 is 19.9 Å². The number of likely N-dealkylation sites (N-methyl/N-ethyl adjacent to an activating group) is 1. The van der Waals surface area contributed by atoms with Crippen molar-refractivity contribution in [1.29, 1.82) is 0 Å². The first kappa shape index (κ1) is 24.8. The Labute approximate surface area is 211 Å². The number of aromatic nitrogens is 1. The molecule has 3 aromatic rings. The van der Waals surface area contributed by atoms with Gasteiger partial charge in [-0.3, -0.25) is 9.69 Å². The Kier molecular flexibility index (Phi) is 7.87. The molecule has 0 saturated carbocycles. The van der Waals surface area contributed by atoms with Crippen molar-refractivity contribution in [2.24, 2.45) is 0 Å². The average Bonchev–Trinajstić information content (AvgIpc) is 2.89. The second-order valence-electron chi connectivity index (χ2n) is 9.75. The molecule has 36 heavy (non-hydrogen) atoms. The van der Waals surface area contributed by atoms with Crippen LogP contribution in [0.1, 0.15) is 12.0 Å². The Morgan fingerprint density at radius 1 is 0.972 bits per heavy atom. The average molecular weight is 492 g/mol. The van der Waals surface area contributed by atoms with E-state index in [1.807, 2.05) is 6.07 Å². The summed E-state index contributed by atoms with van der Waals surface area (Å²) in [7, 11) is 2.12. The molecule has 2 saturated heterocycles. The Morgan fingerprint density at radius 2 is 1.72 bits per heavy atom. The molecule has 0 radical (unpaired) electrons. The molecule has 1 aromatic heterocycles. The lowest BCUT2D eigenvalue weighted by atomic mass is 10.1. The van der Waals surface area contributed by atoms with E-state index in [2.05, 4.69) is 51.3 Å². The molecule has 1 N–H and O–H groups in total. The molecule has 0 bridgehead atoms. The van der Waals surface area contributed by atoms with Gasteiger partial charge in [0, 0.05) is 69.7 Å². The van der Waals surface area contributed by atoms with Crippen molar-refractivity contribution >= 4 is 22.5 Å². The van der Waals surface area contributed by atoms with Crippen LogP contribution in [0.25, 0.3) is 22.2 Å². The largest absolute Gasteiger partial charge is 0.379 e. The molecule has 0 spiro atoms. The number of rotatable bonds is 7. The van der Waals surface area contributed by atoms with Gasteiger partial charge in [-0.25, -0.2) is 9.37 Å². The maximum absolute atomic E-state index is 14.1. The highest BCUT2D eigenvalue weighted by Crippen LogP contribution is 2.29. The van der Waals surface area contributed by atoms with Gasteiger partial charge in [-0.15, -0.1) is 0 Å². The number of hydrogen-bond donors (Lipinski definition) is 1. The number of morpholine rings is 1. The fraction of sp³-hybridized carbons (Fsp3) is 0.429. The number of carbonyl (C=O) groups is 1. The number of carbonyl (C=O) groups excluding carboxylic acids is 1. The van der Waals surface area contributed by atoms with Crippen molar-refractivity contribution in [2.45, 2.75) is 13.0 Å². The summed E-state index contributed by atoms with van der Waals surface area (Å²) >= 11 is 0. The van der Waals surface area contributed by atoms with E-state index in [4.69, 9.17) is 9.72 Å². The Balaban J connectivity index is 1.32. The van der Waals surface area contributed by atoms with E-state index in [-0.39, 0.29) is 11.7 Å². The minimum Gasteiger partial charge on any atom is -0.379 e. The van der Waals surface area contributed by atoms with Gasteiger partial charge >= 0.3 is 0 Å². The maximum Gasteiger partial charge on any atom is 0.225 e. The third-order valence-electron chi connectivity index (χ3n) is 7.06. The standard InChI is InChI=1S/C28H34FN5O2/c1-32-10-12-33(13-11-32)9-8-28(35)31-27-19-26(30-25-7-6-23(29)18-24(25)27)22-4-2-21(3-5-22)20-34-14-16-36-17-15-34/h2-7,18-19H,8-17,20H2,1H3,(H,30,31,35). The number of anilines is 1. The number of amides is 1. The van der Waals surface area contributed by atoms with Crippen molar-refractivity contribution in [2.75, 3.05) is 71.4 Å². The summed E-state index contributed by atoms with van der Waals surface area (Å²) in [6.07, 6.45) is 0.397. The second kappa shape index (κ2) is 11.4. The smallest absolute Gasteiger partial charge is 0.225 e. The van der Waals surface area contributed by atoms with Crippen LogP contribution in [0.4, 0.5) is 10.1 Å². The highest BCUT2D eigenvalue weighted by molar-refractivity contribution is 6.02. The van der Waals surface area contributed by atoms with Crippen molar-refractivity contribution in [1.82, 2.24) is 19.7 Å². The summed E-state index contributed by atoms with van der Waals surface area (Å²) in [5, 5.41) is 3.64. The van der Waals surface area contributed by atoms with E-state index in [1.165, 1.54) is 17.7 Å². The molecule has 5 rings (SSSR count). The molecular formula is C28H34FN5O2. The van der Waals surface area contributed by atoms with Gasteiger partial charge in [-0.1, -0.05) is 24.3 Å². The predicted molar refractivity (Wildman–Crippen MR) is 140 cm³/mol. The fourth-order valence-electron chi connectivity index (χ4n) is 4.79. The van der Waals surface area contributed by atoms with Gasteiger partial charge in [-0.05, 0) is 36.9 Å². The van der Waals surface area contributed by atoms with E-state index in [1.54, 1.807) is 6.07 Å². The maximum atomic E-state index is 14.1.